The summed E-state index contributed by atoms with van der Waals surface area (Å²) in [5.74, 6) is -0.436. The third kappa shape index (κ3) is 4.99. The highest BCUT2D eigenvalue weighted by Gasteiger charge is 2.25. The van der Waals surface area contributed by atoms with Crippen LogP contribution in [0.3, 0.4) is 0 Å². The number of benzene rings is 1. The molecule has 0 spiro atoms. The van der Waals surface area contributed by atoms with Crippen molar-refractivity contribution in [2.24, 2.45) is 0 Å². The minimum Gasteiger partial charge on any atom is -0.378 e. The van der Waals surface area contributed by atoms with Crippen molar-refractivity contribution in [1.29, 1.82) is 0 Å². The lowest BCUT2D eigenvalue weighted by atomic mass is 10.2. The Kier molecular flexibility index (Phi) is 6.63. The molecule has 0 bridgehead atoms. The molecule has 0 unspecified atom stereocenters. The van der Waals surface area contributed by atoms with E-state index in [-0.39, 0.29) is 20.6 Å². The smallest absolute Gasteiger partial charge is 0.294 e. The zero-order chi connectivity index (χ0) is 21.1. The van der Waals surface area contributed by atoms with Crippen molar-refractivity contribution in [2.75, 3.05) is 24.3 Å². The largest absolute Gasteiger partial charge is 0.378 e. The van der Waals surface area contributed by atoms with Crippen LogP contribution in [0.4, 0.5) is 17.1 Å². The molecule has 0 fully saturated rings. The number of hydrogen-bond acceptors (Lipinski definition) is 7. The van der Waals surface area contributed by atoms with Gasteiger partial charge in [-0.2, -0.15) is 0 Å². The van der Waals surface area contributed by atoms with Gasteiger partial charge < -0.3 is 10.2 Å². The van der Waals surface area contributed by atoms with Crippen LogP contribution in [0.15, 0.2) is 51.8 Å². The van der Waals surface area contributed by atoms with Crippen LogP contribution in [0, 0.1) is 10.1 Å². The second-order valence-electron chi connectivity index (χ2n) is 5.97. The molecule has 3 aromatic rings. The Morgan fingerprint density at radius 2 is 1.83 bits per heavy atom. The van der Waals surface area contributed by atoms with Crippen LogP contribution in [0.1, 0.15) is 9.67 Å². The van der Waals surface area contributed by atoms with Gasteiger partial charge in [-0.1, -0.05) is 35.0 Å². The molecular weight excluding hydrogens is 455 g/mol. The third-order valence-corrected chi connectivity index (χ3v) is 7.00. The van der Waals surface area contributed by atoms with Gasteiger partial charge in [0.25, 0.3) is 11.6 Å². The van der Waals surface area contributed by atoms with E-state index >= 15 is 0 Å². The molecule has 2 heterocycles. The maximum Gasteiger partial charge on any atom is 0.294 e. The van der Waals surface area contributed by atoms with Gasteiger partial charge in [-0.3, -0.25) is 19.9 Å². The van der Waals surface area contributed by atoms with Crippen molar-refractivity contribution < 1.29 is 9.72 Å². The molecule has 0 aliphatic carbocycles. The first-order valence-corrected chi connectivity index (χ1v) is 10.5. The van der Waals surface area contributed by atoms with Crippen molar-refractivity contribution in [3.63, 3.8) is 0 Å². The van der Waals surface area contributed by atoms with Crippen molar-refractivity contribution in [1.82, 2.24) is 4.98 Å². The van der Waals surface area contributed by atoms with Crippen LogP contribution < -0.4 is 10.2 Å². The first-order valence-electron chi connectivity index (χ1n) is 8.10. The van der Waals surface area contributed by atoms with E-state index < -0.39 is 10.8 Å². The second kappa shape index (κ2) is 9.00. The first-order chi connectivity index (χ1) is 13.8. The zero-order valence-electron chi connectivity index (χ0n) is 15.2. The van der Waals surface area contributed by atoms with Crippen molar-refractivity contribution in [2.45, 2.75) is 9.10 Å². The van der Waals surface area contributed by atoms with Gasteiger partial charge in [0, 0.05) is 43.9 Å². The highest BCUT2D eigenvalue weighted by atomic mass is 35.5. The molecule has 3 rings (SSSR count). The highest BCUT2D eigenvalue weighted by Crippen LogP contribution is 2.45. The molecule has 1 aromatic carbocycles. The quantitative estimate of drug-likeness (QED) is 0.361. The second-order valence-corrected chi connectivity index (χ2v) is 9.12. The number of amides is 1. The van der Waals surface area contributed by atoms with E-state index in [2.05, 4.69) is 10.3 Å². The van der Waals surface area contributed by atoms with E-state index in [9.17, 15) is 14.9 Å². The minimum atomic E-state index is -0.537. The first kappa shape index (κ1) is 21.4. The standard InChI is InChI=1S/C18H14Cl2N4O3S2/c1-23(2)11-5-3-10(4-6-11)22-17(25)15-7-14(24(26)27)18(28-15)29-16-12(19)8-21-9-13(16)20/h3-9H,1-2H3,(H,22,25). The molecule has 1 amide bonds. The van der Waals surface area contributed by atoms with Crippen molar-refractivity contribution in [3.05, 3.63) is 67.8 Å². The normalized spacial score (nSPS) is 10.6. The number of hydrogen-bond donors (Lipinski definition) is 1. The van der Waals surface area contributed by atoms with Crippen LogP contribution in [0.2, 0.25) is 10.0 Å². The number of rotatable bonds is 6. The molecule has 0 saturated carbocycles. The molecule has 150 valence electrons. The lowest BCUT2D eigenvalue weighted by molar-refractivity contribution is -0.387. The number of thiophene rings is 1. The Bertz CT molecular complexity index is 1050. The average molecular weight is 469 g/mol. The Labute approximate surface area is 184 Å². The molecule has 11 heteroatoms. The molecule has 0 atom stereocenters. The Hall–Kier alpha value is -2.33. The summed E-state index contributed by atoms with van der Waals surface area (Å²) in [6.07, 6.45) is 2.81. The number of carbonyl (C=O) groups excluding carboxylic acids is 1. The fraction of sp³-hybridized carbons (Fsp3) is 0.111. The van der Waals surface area contributed by atoms with E-state index in [0.29, 0.717) is 14.8 Å². The number of carbonyl (C=O) groups is 1. The SMILES string of the molecule is CN(C)c1ccc(NC(=O)c2cc([N+](=O)[O-])c(Sc3c(Cl)cncc3Cl)s2)cc1. The number of anilines is 2. The summed E-state index contributed by atoms with van der Waals surface area (Å²) in [4.78, 5) is 30.0. The Morgan fingerprint density at radius 3 is 2.38 bits per heavy atom. The van der Waals surface area contributed by atoms with E-state index in [0.717, 1.165) is 28.8 Å². The predicted molar refractivity (Wildman–Crippen MR) is 118 cm³/mol. The van der Waals surface area contributed by atoms with Crippen LogP contribution in [0.5, 0.6) is 0 Å². The molecule has 0 aliphatic heterocycles. The molecule has 1 N–H and O–H groups in total. The minimum absolute atomic E-state index is 0.183. The van der Waals surface area contributed by atoms with Gasteiger partial charge in [0.1, 0.15) is 9.09 Å². The van der Waals surface area contributed by atoms with Gasteiger partial charge in [0.2, 0.25) is 0 Å². The monoisotopic (exact) mass is 468 g/mol. The average Bonchev–Trinajstić information content (AvgIpc) is 3.10. The van der Waals surface area contributed by atoms with Crippen molar-refractivity contribution in [3.8, 4) is 0 Å². The number of nitrogens with zero attached hydrogens (tertiary/aromatic N) is 3. The molecule has 2 aromatic heterocycles. The van der Waals surface area contributed by atoms with E-state index in [4.69, 9.17) is 23.2 Å². The van der Waals surface area contributed by atoms with Gasteiger partial charge >= 0.3 is 0 Å². The fourth-order valence-corrected chi connectivity index (χ4v) is 5.06. The summed E-state index contributed by atoms with van der Waals surface area (Å²) >= 11 is 14.2. The summed E-state index contributed by atoms with van der Waals surface area (Å²) in [6.45, 7) is 0. The molecule has 0 saturated heterocycles. The van der Waals surface area contributed by atoms with Gasteiger partial charge in [-0.05, 0) is 24.3 Å². The summed E-state index contributed by atoms with van der Waals surface area (Å²) in [7, 11) is 3.83. The third-order valence-electron chi connectivity index (χ3n) is 3.75. The molecule has 0 aliphatic rings. The van der Waals surface area contributed by atoms with Crippen LogP contribution in [-0.2, 0) is 0 Å². The molecule has 0 radical (unpaired) electrons. The Balaban J connectivity index is 1.85. The summed E-state index contributed by atoms with van der Waals surface area (Å²) in [5.41, 5.74) is 1.39. The summed E-state index contributed by atoms with van der Waals surface area (Å²) in [6, 6.07) is 8.50. The van der Waals surface area contributed by atoms with E-state index in [1.54, 1.807) is 12.1 Å². The van der Waals surface area contributed by atoms with Crippen LogP contribution in [-0.4, -0.2) is 29.9 Å². The molecule has 7 nitrogen and oxygen atoms in total. The molecular formula is C18H14Cl2N4O3S2. The number of pyridine rings is 1. The van der Waals surface area contributed by atoms with E-state index in [1.165, 1.54) is 18.5 Å². The lowest BCUT2D eigenvalue weighted by Crippen LogP contribution is -2.11. The van der Waals surface area contributed by atoms with Gasteiger partial charge in [-0.25, -0.2) is 0 Å². The number of halogens is 2. The predicted octanol–water partition coefficient (Wildman–Crippen LogP) is 5.83. The maximum absolute atomic E-state index is 12.6. The number of nitro groups is 1. The fourth-order valence-electron chi connectivity index (χ4n) is 2.30. The van der Waals surface area contributed by atoms with E-state index in [1.807, 2.05) is 31.1 Å². The summed E-state index contributed by atoms with van der Waals surface area (Å²) in [5, 5.41) is 14.8. The topological polar surface area (TPSA) is 88.4 Å². The summed E-state index contributed by atoms with van der Waals surface area (Å²) < 4.78 is 0.304. The van der Waals surface area contributed by atoms with Gasteiger partial charge in [0.05, 0.1) is 19.9 Å². The highest BCUT2D eigenvalue weighted by molar-refractivity contribution is 8.01. The zero-order valence-corrected chi connectivity index (χ0v) is 18.3. The van der Waals surface area contributed by atoms with Crippen LogP contribution in [0.25, 0.3) is 0 Å². The maximum atomic E-state index is 12.6. The van der Waals surface area contributed by atoms with Gasteiger partial charge in [-0.15, -0.1) is 11.3 Å². The van der Waals surface area contributed by atoms with Crippen molar-refractivity contribution >= 4 is 69.3 Å². The number of aromatic nitrogens is 1. The van der Waals surface area contributed by atoms with Crippen LogP contribution >= 0.6 is 46.3 Å². The Morgan fingerprint density at radius 1 is 1.21 bits per heavy atom. The molecule has 29 heavy (non-hydrogen) atoms. The number of nitrogens with one attached hydrogen (secondary N) is 1. The lowest BCUT2D eigenvalue weighted by Gasteiger charge is -2.12. The van der Waals surface area contributed by atoms with Gasteiger partial charge in [0.15, 0.2) is 0 Å².